The topological polar surface area (TPSA) is 42.0 Å². The highest BCUT2D eigenvalue weighted by atomic mass is 19.4. The Morgan fingerprint density at radius 1 is 1.26 bits per heavy atom. The van der Waals surface area contributed by atoms with Crippen molar-refractivity contribution in [2.24, 2.45) is 0 Å². The van der Waals surface area contributed by atoms with Gasteiger partial charge in [0.1, 0.15) is 5.75 Å². The molecule has 0 radical (unpaired) electrons. The Kier molecular flexibility index (Phi) is 6.49. The summed E-state index contributed by atoms with van der Waals surface area (Å²) >= 11 is 0. The van der Waals surface area contributed by atoms with Crippen LogP contribution in [0.1, 0.15) is 50.5 Å². The van der Waals surface area contributed by atoms with Crippen LogP contribution >= 0.6 is 0 Å². The van der Waals surface area contributed by atoms with E-state index in [1.165, 1.54) is 25.0 Å². The number of ether oxygens (including phenoxy) is 2. The molecule has 1 aliphatic carbocycles. The zero-order valence-corrected chi connectivity index (χ0v) is 18.0. The van der Waals surface area contributed by atoms with Gasteiger partial charge in [-0.3, -0.25) is 9.69 Å². The lowest BCUT2D eigenvalue weighted by Crippen LogP contribution is -2.58. The van der Waals surface area contributed by atoms with E-state index in [9.17, 15) is 18.0 Å². The standard InChI is InChI=1S/C23H31F3N2O3/c1-27(21(29)16-30-18-7-4-6-17(14-18)23(24,25)26)19-8-10-22(9-5-13-31-22)15-20(19)28-11-2-3-12-28/h4,6-7,14,19-20H,2-3,5,8-13,15-16H2,1H3/t19-,20-,22+/m0/s1. The molecule has 1 amide bonds. The number of amides is 1. The summed E-state index contributed by atoms with van der Waals surface area (Å²) in [4.78, 5) is 17.1. The number of likely N-dealkylation sites (tertiary alicyclic amines) is 1. The Balaban J connectivity index is 1.41. The van der Waals surface area contributed by atoms with Gasteiger partial charge in [-0.25, -0.2) is 0 Å². The van der Waals surface area contributed by atoms with E-state index in [1.807, 2.05) is 0 Å². The van der Waals surface area contributed by atoms with Gasteiger partial charge in [0, 0.05) is 25.7 Å². The van der Waals surface area contributed by atoms with Crippen LogP contribution in [0.2, 0.25) is 0 Å². The SMILES string of the molecule is CN(C(=O)COc1cccc(C(F)(F)F)c1)[C@H]1CC[C@]2(CCCO2)C[C@@H]1N1CCCC1. The number of halogens is 3. The molecule has 3 atom stereocenters. The van der Waals surface area contributed by atoms with Crippen molar-refractivity contribution in [3.63, 3.8) is 0 Å². The molecular formula is C23H31F3N2O3. The molecule has 1 saturated carbocycles. The molecule has 4 rings (SSSR count). The molecule has 0 unspecified atom stereocenters. The number of benzene rings is 1. The molecule has 0 bridgehead atoms. The van der Waals surface area contributed by atoms with E-state index < -0.39 is 11.7 Å². The fourth-order valence-corrected chi connectivity index (χ4v) is 5.43. The van der Waals surface area contributed by atoms with Crippen LogP contribution in [0, 0.1) is 0 Å². The van der Waals surface area contributed by atoms with Gasteiger partial charge in [-0.2, -0.15) is 13.2 Å². The van der Waals surface area contributed by atoms with Crippen molar-refractivity contribution >= 4 is 5.91 Å². The predicted molar refractivity (Wildman–Crippen MR) is 110 cm³/mol. The molecule has 2 saturated heterocycles. The number of rotatable bonds is 5. The minimum Gasteiger partial charge on any atom is -0.484 e. The summed E-state index contributed by atoms with van der Waals surface area (Å²) in [5, 5.41) is 0. The fraction of sp³-hybridized carbons (Fsp3) is 0.696. The van der Waals surface area contributed by atoms with E-state index in [0.29, 0.717) is 0 Å². The van der Waals surface area contributed by atoms with E-state index in [-0.39, 0.29) is 35.9 Å². The summed E-state index contributed by atoms with van der Waals surface area (Å²) in [6.07, 6.45) is 2.83. The Hall–Kier alpha value is -1.80. The first kappa shape index (κ1) is 22.4. The zero-order valence-electron chi connectivity index (χ0n) is 18.0. The van der Waals surface area contributed by atoms with E-state index in [0.717, 1.165) is 63.9 Å². The maximum absolute atomic E-state index is 12.9. The van der Waals surface area contributed by atoms with Crippen molar-refractivity contribution in [3.05, 3.63) is 29.8 Å². The van der Waals surface area contributed by atoms with Crippen LogP contribution in [-0.2, 0) is 15.7 Å². The van der Waals surface area contributed by atoms with Gasteiger partial charge < -0.3 is 14.4 Å². The number of likely N-dealkylation sites (N-methyl/N-ethyl adjacent to an activating group) is 1. The van der Waals surface area contributed by atoms with Crippen molar-refractivity contribution in [3.8, 4) is 5.75 Å². The van der Waals surface area contributed by atoms with Gasteiger partial charge in [0.05, 0.1) is 11.2 Å². The molecule has 1 aromatic rings. The smallest absolute Gasteiger partial charge is 0.416 e. The quantitative estimate of drug-likeness (QED) is 0.691. The van der Waals surface area contributed by atoms with Gasteiger partial charge in [-0.1, -0.05) is 6.07 Å². The molecule has 2 heterocycles. The highest BCUT2D eigenvalue weighted by Crippen LogP contribution is 2.43. The average molecular weight is 441 g/mol. The average Bonchev–Trinajstić information content (AvgIpc) is 3.44. The first-order chi connectivity index (χ1) is 14.8. The van der Waals surface area contributed by atoms with Crippen LogP contribution < -0.4 is 4.74 Å². The molecule has 2 aliphatic heterocycles. The van der Waals surface area contributed by atoms with Crippen molar-refractivity contribution < 1.29 is 27.4 Å². The summed E-state index contributed by atoms with van der Waals surface area (Å²) in [6.45, 7) is 2.62. The minimum absolute atomic E-state index is 0.0506. The zero-order chi connectivity index (χ0) is 22.1. The monoisotopic (exact) mass is 440 g/mol. The molecular weight excluding hydrogens is 409 g/mol. The van der Waals surface area contributed by atoms with Gasteiger partial charge in [0.2, 0.25) is 0 Å². The van der Waals surface area contributed by atoms with Crippen molar-refractivity contribution in [2.75, 3.05) is 33.4 Å². The summed E-state index contributed by atoms with van der Waals surface area (Å²) in [5.41, 5.74) is -0.837. The molecule has 8 heteroatoms. The highest BCUT2D eigenvalue weighted by Gasteiger charge is 2.47. The maximum atomic E-state index is 12.9. The van der Waals surface area contributed by atoms with Crippen LogP contribution in [0.5, 0.6) is 5.75 Å². The summed E-state index contributed by atoms with van der Waals surface area (Å²) in [5.74, 6) is -0.162. The van der Waals surface area contributed by atoms with Gasteiger partial charge in [0.15, 0.2) is 6.61 Å². The lowest BCUT2D eigenvalue weighted by atomic mass is 9.76. The lowest BCUT2D eigenvalue weighted by molar-refractivity contribution is -0.139. The van der Waals surface area contributed by atoms with Crippen molar-refractivity contribution in [1.29, 1.82) is 0 Å². The van der Waals surface area contributed by atoms with Crippen LogP contribution in [0.15, 0.2) is 24.3 Å². The van der Waals surface area contributed by atoms with Crippen LogP contribution in [0.4, 0.5) is 13.2 Å². The minimum atomic E-state index is -4.44. The van der Waals surface area contributed by atoms with E-state index in [1.54, 1.807) is 11.9 Å². The lowest BCUT2D eigenvalue weighted by Gasteiger charge is -2.48. The molecule has 0 aromatic heterocycles. The van der Waals surface area contributed by atoms with Crippen LogP contribution in [-0.4, -0.2) is 66.7 Å². The second kappa shape index (κ2) is 8.98. The van der Waals surface area contributed by atoms with Gasteiger partial charge in [0.25, 0.3) is 5.91 Å². The number of nitrogens with zero attached hydrogens (tertiary/aromatic N) is 2. The Labute approximate surface area is 181 Å². The molecule has 31 heavy (non-hydrogen) atoms. The van der Waals surface area contributed by atoms with Gasteiger partial charge in [-0.15, -0.1) is 0 Å². The fourth-order valence-electron chi connectivity index (χ4n) is 5.43. The van der Waals surface area contributed by atoms with Crippen molar-refractivity contribution in [2.45, 2.75) is 68.8 Å². The molecule has 1 aromatic carbocycles. The normalized spacial score (nSPS) is 29.4. The summed E-state index contributed by atoms with van der Waals surface area (Å²) in [7, 11) is 1.79. The molecule has 172 valence electrons. The highest BCUT2D eigenvalue weighted by molar-refractivity contribution is 5.78. The third-order valence-corrected chi connectivity index (χ3v) is 7.13. The predicted octanol–water partition coefficient (Wildman–Crippen LogP) is 4.11. The Morgan fingerprint density at radius 2 is 2.03 bits per heavy atom. The molecule has 3 fully saturated rings. The van der Waals surface area contributed by atoms with Crippen LogP contribution in [0.3, 0.4) is 0 Å². The largest absolute Gasteiger partial charge is 0.484 e. The van der Waals surface area contributed by atoms with Crippen molar-refractivity contribution in [1.82, 2.24) is 9.80 Å². The van der Waals surface area contributed by atoms with Gasteiger partial charge in [-0.05, 0) is 76.2 Å². The second-order valence-electron chi connectivity index (χ2n) is 9.07. The first-order valence-electron chi connectivity index (χ1n) is 11.2. The third kappa shape index (κ3) is 5.00. The molecule has 1 spiro atoms. The molecule has 5 nitrogen and oxygen atoms in total. The van der Waals surface area contributed by atoms with E-state index in [2.05, 4.69) is 4.90 Å². The number of alkyl halides is 3. The number of hydrogen-bond acceptors (Lipinski definition) is 4. The second-order valence-corrected chi connectivity index (χ2v) is 9.07. The molecule has 3 aliphatic rings. The van der Waals surface area contributed by atoms with Crippen LogP contribution in [0.25, 0.3) is 0 Å². The third-order valence-electron chi connectivity index (χ3n) is 7.13. The Morgan fingerprint density at radius 3 is 2.71 bits per heavy atom. The number of carbonyl (C=O) groups is 1. The van der Waals surface area contributed by atoms with E-state index >= 15 is 0 Å². The van der Waals surface area contributed by atoms with Gasteiger partial charge >= 0.3 is 6.18 Å². The van der Waals surface area contributed by atoms with E-state index in [4.69, 9.17) is 9.47 Å². The number of hydrogen-bond donors (Lipinski definition) is 0. The first-order valence-corrected chi connectivity index (χ1v) is 11.2. The molecule has 0 N–H and O–H groups in total. The number of carbonyl (C=O) groups excluding carboxylic acids is 1. The maximum Gasteiger partial charge on any atom is 0.416 e. The summed E-state index contributed by atoms with van der Waals surface area (Å²) < 4.78 is 50.3. The summed E-state index contributed by atoms with van der Waals surface area (Å²) in [6, 6.07) is 4.96. The Bertz CT molecular complexity index is 774.